The van der Waals surface area contributed by atoms with Crippen LogP contribution < -0.4 is 11.1 Å². The maximum atomic E-state index is 8.54. The predicted octanol–water partition coefficient (Wildman–Crippen LogP) is 1.72. The van der Waals surface area contributed by atoms with Crippen molar-refractivity contribution in [2.45, 2.75) is 26.8 Å². The highest BCUT2D eigenvalue weighted by Gasteiger charge is 2.07. The third kappa shape index (κ3) is 4.07. The van der Waals surface area contributed by atoms with Crippen molar-refractivity contribution in [1.82, 2.24) is 5.32 Å². The van der Waals surface area contributed by atoms with Gasteiger partial charge in [0.05, 0.1) is 0 Å². The fourth-order valence-corrected chi connectivity index (χ4v) is 1.70. The number of nitrogens with one attached hydrogen (secondary N) is 1. The number of amidine groups is 1. The molecular weight excluding hydrogens is 214 g/mol. The Kier molecular flexibility index (Phi) is 5.49. The monoisotopic (exact) mass is 235 g/mol. The summed E-state index contributed by atoms with van der Waals surface area (Å²) < 4.78 is 0. The first kappa shape index (κ1) is 13.5. The Balaban J connectivity index is 2.46. The van der Waals surface area contributed by atoms with Crippen molar-refractivity contribution in [2.24, 2.45) is 16.8 Å². The van der Waals surface area contributed by atoms with Crippen LogP contribution in [0.25, 0.3) is 0 Å². The van der Waals surface area contributed by atoms with Gasteiger partial charge in [-0.3, -0.25) is 0 Å². The molecule has 0 amide bonds. The van der Waals surface area contributed by atoms with E-state index in [9.17, 15) is 0 Å². The van der Waals surface area contributed by atoms with E-state index in [1.165, 1.54) is 11.1 Å². The van der Waals surface area contributed by atoms with Crippen LogP contribution in [0.4, 0.5) is 0 Å². The Morgan fingerprint density at radius 2 is 2.06 bits per heavy atom. The second kappa shape index (κ2) is 6.91. The summed E-state index contributed by atoms with van der Waals surface area (Å²) in [6, 6.07) is 8.37. The van der Waals surface area contributed by atoms with Gasteiger partial charge in [-0.25, -0.2) is 0 Å². The largest absolute Gasteiger partial charge is 0.409 e. The van der Waals surface area contributed by atoms with Crippen LogP contribution in [0.1, 0.15) is 25.0 Å². The van der Waals surface area contributed by atoms with Gasteiger partial charge < -0.3 is 16.3 Å². The van der Waals surface area contributed by atoms with Crippen LogP contribution in [0, 0.1) is 5.92 Å². The fraction of sp³-hybridized carbons (Fsp3) is 0.462. The fourth-order valence-electron chi connectivity index (χ4n) is 1.70. The molecule has 1 atom stereocenters. The number of nitrogens with zero attached hydrogens (tertiary/aromatic N) is 1. The van der Waals surface area contributed by atoms with E-state index in [1.807, 2.05) is 13.0 Å². The van der Waals surface area contributed by atoms with Crippen molar-refractivity contribution < 1.29 is 5.21 Å². The zero-order valence-electron chi connectivity index (χ0n) is 10.5. The number of hydrogen-bond acceptors (Lipinski definition) is 3. The van der Waals surface area contributed by atoms with Crippen LogP contribution in [-0.2, 0) is 13.0 Å². The molecule has 17 heavy (non-hydrogen) atoms. The highest BCUT2D eigenvalue weighted by Crippen LogP contribution is 2.09. The molecule has 1 aromatic carbocycles. The Hall–Kier alpha value is -1.55. The van der Waals surface area contributed by atoms with E-state index >= 15 is 0 Å². The number of hydrogen-bond donors (Lipinski definition) is 3. The molecule has 1 unspecified atom stereocenters. The van der Waals surface area contributed by atoms with E-state index in [0.717, 1.165) is 13.0 Å². The van der Waals surface area contributed by atoms with Gasteiger partial charge in [-0.05, 0) is 17.5 Å². The molecule has 0 aliphatic heterocycles. The molecule has 0 bridgehead atoms. The number of oxime groups is 1. The predicted molar refractivity (Wildman–Crippen MR) is 70.1 cm³/mol. The highest BCUT2D eigenvalue weighted by atomic mass is 16.4. The van der Waals surface area contributed by atoms with E-state index in [2.05, 4.69) is 35.6 Å². The average Bonchev–Trinajstić information content (AvgIpc) is 2.38. The molecule has 0 saturated heterocycles. The molecule has 94 valence electrons. The van der Waals surface area contributed by atoms with E-state index in [0.29, 0.717) is 6.54 Å². The zero-order chi connectivity index (χ0) is 12.7. The van der Waals surface area contributed by atoms with E-state index in [4.69, 9.17) is 10.9 Å². The molecule has 0 spiro atoms. The second-order valence-corrected chi connectivity index (χ2v) is 4.18. The number of aryl methyl sites for hydroxylation is 1. The van der Waals surface area contributed by atoms with Gasteiger partial charge in [-0.15, -0.1) is 0 Å². The third-order valence-corrected chi connectivity index (χ3v) is 2.89. The normalized spacial score (nSPS) is 13.6. The minimum Gasteiger partial charge on any atom is -0.409 e. The van der Waals surface area contributed by atoms with Gasteiger partial charge >= 0.3 is 0 Å². The zero-order valence-corrected chi connectivity index (χ0v) is 10.5. The summed E-state index contributed by atoms with van der Waals surface area (Å²) in [5.41, 5.74) is 8.18. The molecule has 0 heterocycles. The molecule has 4 nitrogen and oxygen atoms in total. The Morgan fingerprint density at radius 1 is 1.41 bits per heavy atom. The second-order valence-electron chi connectivity index (χ2n) is 4.18. The third-order valence-electron chi connectivity index (χ3n) is 2.89. The maximum absolute atomic E-state index is 8.54. The smallest absolute Gasteiger partial charge is 0.143 e. The first-order valence-electron chi connectivity index (χ1n) is 5.94. The van der Waals surface area contributed by atoms with Crippen LogP contribution in [0.5, 0.6) is 0 Å². The molecule has 1 aromatic rings. The highest BCUT2D eigenvalue weighted by molar-refractivity contribution is 5.82. The van der Waals surface area contributed by atoms with E-state index < -0.39 is 0 Å². The number of nitrogens with two attached hydrogens (primary N) is 1. The summed E-state index contributed by atoms with van der Waals surface area (Å²) in [6.07, 6.45) is 1.04. The SMILES string of the molecule is CCc1ccccc1CNCC(C)C(N)=NO. The Morgan fingerprint density at radius 3 is 2.65 bits per heavy atom. The van der Waals surface area contributed by atoms with Crippen LogP contribution in [0.15, 0.2) is 29.4 Å². The lowest BCUT2D eigenvalue weighted by molar-refractivity contribution is 0.314. The molecule has 0 fully saturated rings. The topological polar surface area (TPSA) is 70.6 Å². The van der Waals surface area contributed by atoms with Crippen molar-refractivity contribution in [3.05, 3.63) is 35.4 Å². The number of benzene rings is 1. The summed E-state index contributed by atoms with van der Waals surface area (Å²) in [6.45, 7) is 5.59. The van der Waals surface area contributed by atoms with Crippen molar-refractivity contribution in [3.63, 3.8) is 0 Å². The average molecular weight is 235 g/mol. The molecule has 4 N–H and O–H groups in total. The van der Waals surface area contributed by atoms with Gasteiger partial charge in [0.15, 0.2) is 0 Å². The van der Waals surface area contributed by atoms with Crippen molar-refractivity contribution in [3.8, 4) is 0 Å². The number of rotatable bonds is 6. The van der Waals surface area contributed by atoms with Crippen LogP contribution in [0.3, 0.4) is 0 Å². The van der Waals surface area contributed by atoms with Gasteiger partial charge in [0.2, 0.25) is 0 Å². The van der Waals surface area contributed by atoms with Gasteiger partial charge in [-0.2, -0.15) is 0 Å². The lowest BCUT2D eigenvalue weighted by Gasteiger charge is -2.12. The summed E-state index contributed by atoms with van der Waals surface area (Å²) in [5.74, 6) is 0.301. The molecule has 0 saturated carbocycles. The minimum atomic E-state index is 0.0359. The van der Waals surface area contributed by atoms with Crippen molar-refractivity contribution >= 4 is 5.84 Å². The van der Waals surface area contributed by atoms with Crippen LogP contribution in [0.2, 0.25) is 0 Å². The van der Waals surface area contributed by atoms with Crippen LogP contribution in [-0.4, -0.2) is 17.6 Å². The molecule has 0 aliphatic rings. The van der Waals surface area contributed by atoms with Crippen molar-refractivity contribution in [1.29, 1.82) is 0 Å². The van der Waals surface area contributed by atoms with Crippen molar-refractivity contribution in [2.75, 3.05) is 6.54 Å². The summed E-state index contributed by atoms with van der Waals surface area (Å²) in [5, 5.41) is 14.9. The molecule has 0 radical (unpaired) electrons. The van der Waals surface area contributed by atoms with E-state index in [-0.39, 0.29) is 11.8 Å². The molecule has 4 heteroatoms. The molecule has 0 aliphatic carbocycles. The van der Waals surface area contributed by atoms with Gasteiger partial charge in [0.25, 0.3) is 0 Å². The maximum Gasteiger partial charge on any atom is 0.143 e. The Labute approximate surface area is 103 Å². The lowest BCUT2D eigenvalue weighted by Crippen LogP contribution is -2.31. The summed E-state index contributed by atoms with van der Waals surface area (Å²) >= 11 is 0. The summed E-state index contributed by atoms with van der Waals surface area (Å²) in [4.78, 5) is 0. The quantitative estimate of drug-likeness (QED) is 0.304. The molecule has 0 aromatic heterocycles. The van der Waals surface area contributed by atoms with Gasteiger partial charge in [0.1, 0.15) is 5.84 Å². The molecule has 1 rings (SSSR count). The first-order valence-corrected chi connectivity index (χ1v) is 5.94. The first-order chi connectivity index (χ1) is 8.19. The van der Waals surface area contributed by atoms with Gasteiger partial charge in [-0.1, -0.05) is 43.3 Å². The van der Waals surface area contributed by atoms with Gasteiger partial charge in [0, 0.05) is 19.0 Å². The minimum absolute atomic E-state index is 0.0359. The standard InChI is InChI=1S/C13H21N3O/c1-3-11-6-4-5-7-12(11)9-15-8-10(2)13(14)16-17/h4-7,10,15,17H,3,8-9H2,1-2H3,(H2,14,16). The molecular formula is C13H21N3O. The summed E-state index contributed by atoms with van der Waals surface area (Å²) in [7, 11) is 0. The Bertz CT molecular complexity index is 377. The lowest BCUT2D eigenvalue weighted by atomic mass is 10.1. The van der Waals surface area contributed by atoms with E-state index in [1.54, 1.807) is 0 Å². The van der Waals surface area contributed by atoms with Crippen LogP contribution >= 0.6 is 0 Å².